The summed E-state index contributed by atoms with van der Waals surface area (Å²) in [4.78, 5) is 25.3. The summed E-state index contributed by atoms with van der Waals surface area (Å²) in [6.07, 6.45) is 2.76. The van der Waals surface area contributed by atoms with Gasteiger partial charge in [0.05, 0.1) is 11.1 Å². The van der Waals surface area contributed by atoms with E-state index in [1.54, 1.807) is 0 Å². The van der Waals surface area contributed by atoms with Gasteiger partial charge in [-0.15, -0.1) is 0 Å². The molecule has 0 radical (unpaired) electrons. The summed E-state index contributed by atoms with van der Waals surface area (Å²) in [7, 11) is 1.91. The van der Waals surface area contributed by atoms with E-state index in [4.69, 9.17) is 11.6 Å². The fraction of sp³-hybridized carbons (Fsp3) is 0.706. The first kappa shape index (κ1) is 16.5. The second-order valence-electron chi connectivity index (χ2n) is 7.87. The van der Waals surface area contributed by atoms with Gasteiger partial charge >= 0.3 is 0 Å². The summed E-state index contributed by atoms with van der Waals surface area (Å²) in [6.45, 7) is 8.92. The molecular formula is C17H25ClN4O. The average Bonchev–Trinajstić information content (AvgIpc) is 2.76. The molecule has 0 aromatic carbocycles. The van der Waals surface area contributed by atoms with Crippen molar-refractivity contribution in [2.24, 2.45) is 5.41 Å². The van der Waals surface area contributed by atoms with Crippen molar-refractivity contribution in [3.8, 4) is 0 Å². The molecule has 5 nitrogen and oxygen atoms in total. The summed E-state index contributed by atoms with van der Waals surface area (Å²) in [5.74, 6) is 1.19. The molecule has 2 aliphatic heterocycles. The van der Waals surface area contributed by atoms with E-state index in [1.807, 2.05) is 18.0 Å². The molecule has 1 aromatic heterocycles. The van der Waals surface area contributed by atoms with Crippen LogP contribution in [0.3, 0.4) is 0 Å². The first-order valence-electron chi connectivity index (χ1n) is 8.27. The third-order valence-electron chi connectivity index (χ3n) is 5.22. The van der Waals surface area contributed by atoms with Crippen LogP contribution in [0.25, 0.3) is 0 Å². The second kappa shape index (κ2) is 5.62. The van der Waals surface area contributed by atoms with Gasteiger partial charge in [0.1, 0.15) is 5.82 Å². The van der Waals surface area contributed by atoms with Crippen molar-refractivity contribution in [2.75, 3.05) is 31.6 Å². The average molecular weight is 337 g/mol. The van der Waals surface area contributed by atoms with Crippen molar-refractivity contribution >= 4 is 23.3 Å². The van der Waals surface area contributed by atoms with E-state index in [9.17, 15) is 4.79 Å². The Hall–Kier alpha value is -1.36. The molecule has 0 bridgehead atoms. The van der Waals surface area contributed by atoms with Gasteiger partial charge in [-0.1, -0.05) is 20.8 Å². The minimum Gasteiger partial charge on any atom is -0.356 e. The molecule has 3 heterocycles. The number of hydrogen-bond acceptors (Lipinski definition) is 4. The maximum atomic E-state index is 12.4. The SMILES string of the molecule is CN1CCC2(CCN(c3cc(C(C)(C)C)nc(Cl)n3)CC2)C1=O. The number of amides is 1. The van der Waals surface area contributed by atoms with Crippen molar-refractivity contribution in [1.29, 1.82) is 0 Å². The Labute approximate surface area is 143 Å². The van der Waals surface area contributed by atoms with Crippen LogP contribution in [-0.4, -0.2) is 47.5 Å². The minimum absolute atomic E-state index is 0.0670. The molecule has 1 amide bonds. The zero-order chi connectivity index (χ0) is 16.8. The van der Waals surface area contributed by atoms with Crippen LogP contribution in [0.15, 0.2) is 6.07 Å². The van der Waals surface area contributed by atoms with Crippen LogP contribution >= 0.6 is 11.6 Å². The van der Waals surface area contributed by atoms with Crippen LogP contribution in [0, 0.1) is 5.41 Å². The number of halogens is 1. The van der Waals surface area contributed by atoms with Crippen LogP contribution in [0.1, 0.15) is 45.7 Å². The smallest absolute Gasteiger partial charge is 0.228 e. The molecule has 0 N–H and O–H groups in total. The van der Waals surface area contributed by atoms with Crippen LogP contribution in [0.5, 0.6) is 0 Å². The lowest BCUT2D eigenvalue weighted by Gasteiger charge is -2.38. The molecule has 1 spiro atoms. The summed E-state index contributed by atoms with van der Waals surface area (Å²) >= 11 is 6.13. The van der Waals surface area contributed by atoms with Crippen LogP contribution in [-0.2, 0) is 10.2 Å². The topological polar surface area (TPSA) is 49.3 Å². The maximum Gasteiger partial charge on any atom is 0.228 e. The lowest BCUT2D eigenvalue weighted by atomic mass is 9.77. The van der Waals surface area contributed by atoms with E-state index >= 15 is 0 Å². The van der Waals surface area contributed by atoms with E-state index in [-0.39, 0.29) is 10.8 Å². The van der Waals surface area contributed by atoms with Gasteiger partial charge in [0.25, 0.3) is 0 Å². The maximum absolute atomic E-state index is 12.4. The largest absolute Gasteiger partial charge is 0.356 e. The predicted molar refractivity (Wildman–Crippen MR) is 91.9 cm³/mol. The van der Waals surface area contributed by atoms with Crippen LogP contribution in [0.2, 0.25) is 5.28 Å². The number of rotatable bonds is 1. The van der Waals surface area contributed by atoms with Crippen molar-refractivity contribution in [3.05, 3.63) is 17.0 Å². The molecule has 23 heavy (non-hydrogen) atoms. The highest BCUT2D eigenvalue weighted by Gasteiger charge is 2.47. The third kappa shape index (κ3) is 3.03. The molecule has 2 aliphatic rings. The predicted octanol–water partition coefficient (Wildman–Crippen LogP) is 2.88. The lowest BCUT2D eigenvalue weighted by molar-refractivity contribution is -0.135. The summed E-state index contributed by atoms with van der Waals surface area (Å²) in [5, 5.41) is 0.296. The van der Waals surface area contributed by atoms with E-state index in [2.05, 4.69) is 35.6 Å². The number of hydrogen-bond donors (Lipinski definition) is 0. The molecular weight excluding hydrogens is 312 g/mol. The monoisotopic (exact) mass is 336 g/mol. The molecule has 126 valence electrons. The molecule has 0 unspecified atom stereocenters. The van der Waals surface area contributed by atoms with E-state index in [0.717, 1.165) is 50.4 Å². The Morgan fingerprint density at radius 2 is 1.74 bits per heavy atom. The second-order valence-corrected chi connectivity index (χ2v) is 8.21. The highest BCUT2D eigenvalue weighted by molar-refractivity contribution is 6.28. The zero-order valence-electron chi connectivity index (χ0n) is 14.4. The van der Waals surface area contributed by atoms with Gasteiger partial charge in [-0.25, -0.2) is 9.97 Å². The standard InChI is InChI=1S/C17H25ClN4O/c1-16(2,3)12-11-13(20-15(18)19-12)22-9-6-17(7-10-22)5-8-21(4)14(17)23/h11H,5-10H2,1-4H3. The molecule has 0 saturated carbocycles. The van der Waals surface area contributed by atoms with Gasteiger partial charge in [0.15, 0.2) is 0 Å². The Balaban J connectivity index is 1.78. The summed E-state index contributed by atoms with van der Waals surface area (Å²) in [5.41, 5.74) is 0.738. The van der Waals surface area contributed by atoms with Crippen molar-refractivity contribution in [1.82, 2.24) is 14.9 Å². The van der Waals surface area contributed by atoms with E-state index in [1.165, 1.54) is 0 Å². The number of carbonyl (C=O) groups is 1. The minimum atomic E-state index is -0.144. The molecule has 1 aromatic rings. The molecule has 0 atom stereocenters. The molecule has 0 aliphatic carbocycles. The van der Waals surface area contributed by atoms with Crippen molar-refractivity contribution in [3.63, 3.8) is 0 Å². The van der Waals surface area contributed by atoms with Crippen molar-refractivity contribution < 1.29 is 4.79 Å². The molecule has 2 saturated heterocycles. The van der Waals surface area contributed by atoms with Crippen LogP contribution in [0.4, 0.5) is 5.82 Å². The van der Waals surface area contributed by atoms with E-state index < -0.39 is 0 Å². The first-order valence-corrected chi connectivity index (χ1v) is 8.65. The highest BCUT2D eigenvalue weighted by Crippen LogP contribution is 2.41. The van der Waals surface area contributed by atoms with Gasteiger partial charge in [-0.05, 0) is 30.9 Å². The Morgan fingerprint density at radius 1 is 1.13 bits per heavy atom. The number of aromatic nitrogens is 2. The summed E-state index contributed by atoms with van der Waals surface area (Å²) < 4.78 is 0. The summed E-state index contributed by atoms with van der Waals surface area (Å²) in [6, 6.07) is 2.03. The Bertz CT molecular complexity index is 618. The Morgan fingerprint density at radius 3 is 2.26 bits per heavy atom. The van der Waals surface area contributed by atoms with Gasteiger partial charge in [0.2, 0.25) is 11.2 Å². The quantitative estimate of drug-likeness (QED) is 0.740. The fourth-order valence-electron chi connectivity index (χ4n) is 3.57. The van der Waals surface area contributed by atoms with E-state index in [0.29, 0.717) is 11.2 Å². The normalized spacial score (nSPS) is 21.3. The van der Waals surface area contributed by atoms with Gasteiger partial charge in [0, 0.05) is 38.2 Å². The molecule has 3 rings (SSSR count). The van der Waals surface area contributed by atoms with Gasteiger partial charge in [-0.2, -0.15) is 0 Å². The molecule has 2 fully saturated rings. The number of carbonyl (C=O) groups excluding carboxylic acids is 1. The Kier molecular flexibility index (Phi) is 4.03. The zero-order valence-corrected chi connectivity index (χ0v) is 15.2. The lowest BCUT2D eigenvalue weighted by Crippen LogP contribution is -2.44. The first-order chi connectivity index (χ1) is 10.7. The highest BCUT2D eigenvalue weighted by atomic mass is 35.5. The number of likely N-dealkylation sites (tertiary alicyclic amines) is 1. The third-order valence-corrected chi connectivity index (χ3v) is 5.39. The number of piperidine rings is 1. The van der Waals surface area contributed by atoms with Gasteiger partial charge in [-0.3, -0.25) is 4.79 Å². The van der Waals surface area contributed by atoms with Crippen LogP contribution < -0.4 is 4.90 Å². The number of anilines is 1. The number of nitrogens with zero attached hydrogens (tertiary/aromatic N) is 4. The van der Waals surface area contributed by atoms with Gasteiger partial charge < -0.3 is 9.80 Å². The molecule has 6 heteroatoms. The fourth-order valence-corrected chi connectivity index (χ4v) is 3.75. The van der Waals surface area contributed by atoms with Crippen molar-refractivity contribution in [2.45, 2.75) is 45.4 Å².